The summed E-state index contributed by atoms with van der Waals surface area (Å²) < 4.78 is 11.6. The molecule has 0 bridgehead atoms. The van der Waals surface area contributed by atoms with Crippen LogP contribution in [0.3, 0.4) is 0 Å². The predicted molar refractivity (Wildman–Crippen MR) is 171 cm³/mol. The number of carbonyl (C=O) groups is 1. The molecule has 0 saturated heterocycles. The van der Waals surface area contributed by atoms with Gasteiger partial charge in [0.2, 0.25) is 0 Å². The number of hydrogen-bond acceptors (Lipinski definition) is 5. The zero-order chi connectivity index (χ0) is 29.1. The highest BCUT2D eigenvalue weighted by Crippen LogP contribution is 2.45. The molecule has 214 valence electrons. The Hall–Kier alpha value is -4.16. The second-order valence-corrected chi connectivity index (χ2v) is 13.1. The van der Waals surface area contributed by atoms with Gasteiger partial charge in [0.1, 0.15) is 23.1 Å². The predicted octanol–water partition coefficient (Wildman–Crippen LogP) is 8.90. The molecule has 1 amide bonds. The van der Waals surface area contributed by atoms with E-state index in [1.54, 1.807) is 17.6 Å². The summed E-state index contributed by atoms with van der Waals surface area (Å²) in [5.41, 5.74) is 4.14. The van der Waals surface area contributed by atoms with Gasteiger partial charge in [-0.25, -0.2) is 4.99 Å². The number of rotatable bonds is 8. The number of thiophene rings is 1. The van der Waals surface area contributed by atoms with Gasteiger partial charge in [0.05, 0.1) is 18.4 Å². The summed E-state index contributed by atoms with van der Waals surface area (Å²) in [6.07, 6.45) is 6.41. The first-order chi connectivity index (χ1) is 20.3. The fraction of sp³-hybridized carbons (Fsp3) is 0.278. The first-order valence-electron chi connectivity index (χ1n) is 14.5. The molecule has 1 atom stereocenters. The van der Waals surface area contributed by atoms with Crippen molar-refractivity contribution in [3.05, 3.63) is 118 Å². The maximum absolute atomic E-state index is 13.5. The van der Waals surface area contributed by atoms with Crippen LogP contribution in [-0.4, -0.2) is 12.1 Å². The van der Waals surface area contributed by atoms with Crippen molar-refractivity contribution in [3.8, 4) is 5.75 Å². The highest BCUT2D eigenvalue weighted by molar-refractivity contribution is 7.16. The van der Waals surface area contributed by atoms with Crippen molar-refractivity contribution in [2.75, 3.05) is 0 Å². The highest BCUT2D eigenvalue weighted by Gasteiger charge is 2.33. The smallest absolute Gasteiger partial charge is 0.255 e. The van der Waals surface area contributed by atoms with Crippen molar-refractivity contribution >= 4 is 39.2 Å². The van der Waals surface area contributed by atoms with Crippen LogP contribution in [0.2, 0.25) is 0 Å². The lowest BCUT2D eigenvalue weighted by molar-refractivity contribution is 0.0947. The molecule has 5 nitrogen and oxygen atoms in total. The second kappa shape index (κ2) is 12.0. The monoisotopic (exact) mass is 576 g/mol. The normalized spacial score (nSPS) is 15.2. The molecule has 0 unspecified atom stereocenters. The average molecular weight is 577 g/mol. The van der Waals surface area contributed by atoms with Crippen LogP contribution < -0.4 is 10.1 Å². The largest absolute Gasteiger partial charge is 0.489 e. The van der Waals surface area contributed by atoms with Crippen LogP contribution in [0.4, 0.5) is 5.00 Å². The minimum atomic E-state index is -0.0996. The molecule has 2 heterocycles. The summed E-state index contributed by atoms with van der Waals surface area (Å²) in [5.74, 6) is 1.99. The maximum atomic E-state index is 13.5. The molecule has 42 heavy (non-hydrogen) atoms. The molecular weight excluding hydrogens is 540 g/mol. The van der Waals surface area contributed by atoms with E-state index in [1.807, 2.05) is 42.6 Å². The average Bonchev–Trinajstić information content (AvgIpc) is 3.65. The Morgan fingerprint density at radius 2 is 1.90 bits per heavy atom. The van der Waals surface area contributed by atoms with Gasteiger partial charge in [0.15, 0.2) is 0 Å². The number of fused-ring (bicyclic) bond motifs is 2. The Morgan fingerprint density at radius 1 is 1.07 bits per heavy atom. The standard InChI is InChI=1S/C36H36N2O3S/c1-36(2,3)27-16-17-31-32(20-27)42-35(33(31)34(39)37-22-29-14-8-18-40-29)38-21-24-9-6-13-28(19-24)41-23-26-12-7-11-25-10-4-5-15-30(25)26/h4-15,18-19,21,27H,16-17,20,22-23H2,1-3H3,(H,37,39)/t27-/m1/s1. The van der Waals surface area contributed by atoms with Gasteiger partial charge in [-0.3, -0.25) is 4.79 Å². The third-order valence-corrected chi connectivity index (χ3v) is 9.33. The van der Waals surface area contributed by atoms with Crippen molar-refractivity contribution < 1.29 is 13.9 Å². The molecule has 1 aliphatic rings. The molecule has 2 aromatic heterocycles. The van der Waals surface area contributed by atoms with Crippen LogP contribution in [0, 0.1) is 11.3 Å². The minimum absolute atomic E-state index is 0.0996. The number of hydrogen-bond donors (Lipinski definition) is 1. The van der Waals surface area contributed by atoms with Gasteiger partial charge in [-0.15, -0.1) is 11.3 Å². The number of ether oxygens (including phenoxy) is 1. The van der Waals surface area contributed by atoms with Gasteiger partial charge in [0.25, 0.3) is 5.91 Å². The lowest BCUT2D eigenvalue weighted by Gasteiger charge is -2.33. The fourth-order valence-corrected chi connectivity index (χ4v) is 6.97. The number of amides is 1. The third-order valence-electron chi connectivity index (χ3n) is 8.17. The zero-order valence-electron chi connectivity index (χ0n) is 24.4. The number of nitrogens with one attached hydrogen (secondary N) is 1. The Balaban J connectivity index is 1.23. The van der Waals surface area contributed by atoms with E-state index >= 15 is 0 Å². The molecule has 0 radical (unpaired) electrons. The third kappa shape index (κ3) is 6.19. The summed E-state index contributed by atoms with van der Waals surface area (Å²) in [5, 5.41) is 6.21. The number of benzene rings is 3. The van der Waals surface area contributed by atoms with Gasteiger partial charge in [0, 0.05) is 11.1 Å². The van der Waals surface area contributed by atoms with Crippen LogP contribution >= 0.6 is 11.3 Å². The van der Waals surface area contributed by atoms with E-state index < -0.39 is 0 Å². The first kappa shape index (κ1) is 28.0. The van der Waals surface area contributed by atoms with Crippen molar-refractivity contribution in [2.24, 2.45) is 16.3 Å². The van der Waals surface area contributed by atoms with Crippen molar-refractivity contribution in [1.29, 1.82) is 0 Å². The quantitative estimate of drug-likeness (QED) is 0.188. The Morgan fingerprint density at radius 3 is 2.74 bits per heavy atom. The molecular formula is C36H36N2O3S. The van der Waals surface area contributed by atoms with E-state index in [1.165, 1.54) is 15.6 Å². The summed E-state index contributed by atoms with van der Waals surface area (Å²) in [6, 6.07) is 26.3. The van der Waals surface area contributed by atoms with Crippen LogP contribution in [0.1, 0.15) is 64.9 Å². The molecule has 1 N–H and O–H groups in total. The van der Waals surface area contributed by atoms with E-state index in [0.717, 1.165) is 52.5 Å². The van der Waals surface area contributed by atoms with Crippen LogP contribution in [0.5, 0.6) is 5.75 Å². The molecule has 0 aliphatic heterocycles. The summed E-state index contributed by atoms with van der Waals surface area (Å²) in [6.45, 7) is 7.75. The van der Waals surface area contributed by atoms with Crippen LogP contribution in [0.25, 0.3) is 10.8 Å². The number of carbonyl (C=O) groups excluding carboxylic acids is 1. The zero-order valence-corrected chi connectivity index (χ0v) is 25.2. The second-order valence-electron chi connectivity index (χ2n) is 12.0. The van der Waals surface area contributed by atoms with Gasteiger partial charge in [-0.05, 0) is 82.3 Å². The summed E-state index contributed by atoms with van der Waals surface area (Å²) in [7, 11) is 0. The topological polar surface area (TPSA) is 63.8 Å². The Kier molecular flexibility index (Phi) is 7.98. The van der Waals surface area contributed by atoms with Crippen molar-refractivity contribution in [1.82, 2.24) is 5.32 Å². The van der Waals surface area contributed by atoms with Crippen LogP contribution in [-0.2, 0) is 26.0 Å². The summed E-state index contributed by atoms with van der Waals surface area (Å²) in [4.78, 5) is 19.7. The summed E-state index contributed by atoms with van der Waals surface area (Å²) >= 11 is 1.65. The molecule has 0 fully saturated rings. The van der Waals surface area contributed by atoms with Gasteiger partial charge < -0.3 is 14.5 Å². The number of nitrogens with zero attached hydrogens (tertiary/aromatic N) is 1. The molecule has 1 aliphatic carbocycles. The molecule has 3 aromatic carbocycles. The lowest BCUT2D eigenvalue weighted by atomic mass is 9.72. The first-order valence-corrected chi connectivity index (χ1v) is 15.4. The van der Waals surface area contributed by atoms with Crippen molar-refractivity contribution in [3.63, 3.8) is 0 Å². The maximum Gasteiger partial charge on any atom is 0.255 e. The number of aliphatic imine (C=N–C) groups is 1. The minimum Gasteiger partial charge on any atom is -0.489 e. The van der Waals surface area contributed by atoms with E-state index in [-0.39, 0.29) is 11.3 Å². The van der Waals surface area contributed by atoms with E-state index in [9.17, 15) is 4.79 Å². The van der Waals surface area contributed by atoms with E-state index in [2.05, 4.69) is 68.6 Å². The van der Waals surface area contributed by atoms with E-state index in [4.69, 9.17) is 14.1 Å². The van der Waals surface area contributed by atoms with Crippen LogP contribution in [0.15, 0.2) is 94.5 Å². The molecule has 6 rings (SSSR count). The Labute approximate surface area is 251 Å². The molecule has 0 saturated carbocycles. The molecule has 0 spiro atoms. The highest BCUT2D eigenvalue weighted by atomic mass is 32.1. The fourth-order valence-electron chi connectivity index (χ4n) is 5.70. The lowest BCUT2D eigenvalue weighted by Crippen LogP contribution is -2.28. The van der Waals surface area contributed by atoms with Gasteiger partial charge in [-0.1, -0.05) is 75.4 Å². The molecule has 6 heteroatoms. The van der Waals surface area contributed by atoms with Crippen molar-refractivity contribution in [2.45, 2.75) is 53.2 Å². The number of furan rings is 1. The Bertz CT molecular complexity index is 1720. The molecule has 5 aromatic rings. The van der Waals surface area contributed by atoms with Gasteiger partial charge >= 0.3 is 0 Å². The van der Waals surface area contributed by atoms with Gasteiger partial charge in [-0.2, -0.15) is 0 Å². The SMILES string of the molecule is CC(C)(C)[C@@H]1CCc2c(sc(N=Cc3cccc(OCc4cccc5ccccc45)c3)c2C(=O)NCc2ccco2)C1. The van der Waals surface area contributed by atoms with E-state index in [0.29, 0.717) is 24.6 Å².